The van der Waals surface area contributed by atoms with E-state index in [2.05, 4.69) is 25.8 Å². The molecule has 0 saturated carbocycles. The van der Waals surface area contributed by atoms with E-state index in [0.717, 1.165) is 5.56 Å². The van der Waals surface area contributed by atoms with Crippen LogP contribution >= 0.6 is 0 Å². The van der Waals surface area contributed by atoms with Gasteiger partial charge in [-0.2, -0.15) is 5.10 Å². The van der Waals surface area contributed by atoms with Gasteiger partial charge >= 0.3 is 0 Å². The van der Waals surface area contributed by atoms with Crippen molar-refractivity contribution in [3.8, 4) is 0 Å². The lowest BCUT2D eigenvalue weighted by atomic mass is 10.2. The Morgan fingerprint density at radius 2 is 1.87 bits per heavy atom. The van der Waals surface area contributed by atoms with E-state index in [4.69, 9.17) is 0 Å². The van der Waals surface area contributed by atoms with E-state index < -0.39 is 0 Å². The minimum Gasteiger partial charge on any atom is -0.352 e. The molecule has 0 aliphatic heterocycles. The molecule has 0 bridgehead atoms. The van der Waals surface area contributed by atoms with Gasteiger partial charge in [0.05, 0.1) is 12.0 Å². The Morgan fingerprint density at radius 3 is 2.52 bits per heavy atom. The van der Waals surface area contributed by atoms with Crippen LogP contribution in [-0.2, 0) is 11.3 Å². The second kappa shape index (κ2) is 8.38. The van der Waals surface area contributed by atoms with Gasteiger partial charge in [0.2, 0.25) is 5.91 Å². The number of nitrogens with one attached hydrogen (secondary N) is 2. The fourth-order valence-electron chi connectivity index (χ4n) is 1.75. The van der Waals surface area contributed by atoms with Gasteiger partial charge < -0.3 is 5.32 Å². The number of carbonyl (C=O) groups excluding carboxylic acids is 2. The van der Waals surface area contributed by atoms with E-state index in [1.54, 1.807) is 37.6 Å². The van der Waals surface area contributed by atoms with Crippen molar-refractivity contribution in [2.24, 2.45) is 5.10 Å². The van der Waals surface area contributed by atoms with Crippen LogP contribution in [0.5, 0.6) is 0 Å². The van der Waals surface area contributed by atoms with Crippen molar-refractivity contribution in [2.75, 3.05) is 0 Å². The first-order valence-electron chi connectivity index (χ1n) is 7.04. The predicted octanol–water partition coefficient (Wildman–Crippen LogP) is 1.29. The Labute approximate surface area is 133 Å². The third-order valence-corrected chi connectivity index (χ3v) is 2.90. The van der Waals surface area contributed by atoms with Crippen molar-refractivity contribution in [1.82, 2.24) is 20.7 Å². The molecule has 2 aromatic heterocycles. The number of amides is 2. The summed E-state index contributed by atoms with van der Waals surface area (Å²) in [5.41, 5.74) is 4.23. The van der Waals surface area contributed by atoms with Gasteiger partial charge in [0.25, 0.3) is 5.91 Å². The third-order valence-electron chi connectivity index (χ3n) is 2.90. The molecule has 118 valence electrons. The Bertz CT molecular complexity index is 686. The van der Waals surface area contributed by atoms with Crippen LogP contribution in [0.3, 0.4) is 0 Å². The lowest BCUT2D eigenvalue weighted by molar-refractivity contribution is -0.120. The van der Waals surface area contributed by atoms with Gasteiger partial charge in [-0.15, -0.1) is 0 Å². The topological polar surface area (TPSA) is 96.3 Å². The maximum absolute atomic E-state index is 11.8. The Kier molecular flexibility index (Phi) is 5.93. The van der Waals surface area contributed by atoms with Crippen molar-refractivity contribution in [2.45, 2.75) is 19.9 Å². The van der Waals surface area contributed by atoms with Crippen molar-refractivity contribution in [3.63, 3.8) is 0 Å². The molecule has 7 heteroatoms. The molecule has 2 aromatic rings. The zero-order chi connectivity index (χ0) is 16.5. The summed E-state index contributed by atoms with van der Waals surface area (Å²) in [6, 6.07) is 6.98. The number of hydrogen-bond donors (Lipinski definition) is 2. The minimum absolute atomic E-state index is 0.105. The van der Waals surface area contributed by atoms with Crippen LogP contribution in [0.15, 0.2) is 54.2 Å². The van der Waals surface area contributed by atoms with Gasteiger partial charge in [-0.1, -0.05) is 6.07 Å². The van der Waals surface area contributed by atoms with Gasteiger partial charge in [0.15, 0.2) is 0 Å². The standard InChI is InChI=1S/C16H17N5O2/c1-12(20-21-16(23)14-5-3-7-18-11-14)8-15(22)19-10-13-4-2-6-17-9-13/h2-7,9,11H,8,10H2,1H3,(H,19,22)(H,21,23). The van der Waals surface area contributed by atoms with Crippen LogP contribution in [0.2, 0.25) is 0 Å². The second-order valence-electron chi connectivity index (χ2n) is 4.84. The summed E-state index contributed by atoms with van der Waals surface area (Å²) in [4.78, 5) is 31.4. The summed E-state index contributed by atoms with van der Waals surface area (Å²) in [6.45, 7) is 2.08. The summed E-state index contributed by atoms with van der Waals surface area (Å²) in [6.07, 6.45) is 6.49. The van der Waals surface area contributed by atoms with Crippen LogP contribution in [-0.4, -0.2) is 27.5 Å². The lowest BCUT2D eigenvalue weighted by Crippen LogP contribution is -2.26. The highest BCUT2D eigenvalue weighted by Crippen LogP contribution is 1.97. The predicted molar refractivity (Wildman–Crippen MR) is 85.5 cm³/mol. The molecule has 0 aliphatic rings. The van der Waals surface area contributed by atoms with Gasteiger partial charge in [-0.05, 0) is 30.7 Å². The normalized spacial score (nSPS) is 10.9. The smallest absolute Gasteiger partial charge is 0.272 e. The first-order chi connectivity index (χ1) is 11.1. The van der Waals surface area contributed by atoms with E-state index in [0.29, 0.717) is 17.8 Å². The van der Waals surface area contributed by atoms with Gasteiger partial charge in [-0.25, -0.2) is 5.43 Å². The highest BCUT2D eigenvalue weighted by molar-refractivity contribution is 6.01. The average Bonchev–Trinajstić information content (AvgIpc) is 2.59. The molecule has 0 atom stereocenters. The van der Waals surface area contributed by atoms with E-state index in [-0.39, 0.29) is 18.2 Å². The number of hydrazone groups is 1. The molecular formula is C16H17N5O2. The van der Waals surface area contributed by atoms with Crippen LogP contribution in [0, 0.1) is 0 Å². The molecule has 23 heavy (non-hydrogen) atoms. The largest absolute Gasteiger partial charge is 0.352 e. The minimum atomic E-state index is -0.367. The zero-order valence-corrected chi connectivity index (χ0v) is 12.7. The van der Waals surface area contributed by atoms with E-state index in [1.165, 1.54) is 6.20 Å². The summed E-state index contributed by atoms with van der Waals surface area (Å²) in [5, 5.41) is 6.68. The molecule has 2 rings (SSSR count). The number of hydrogen-bond acceptors (Lipinski definition) is 5. The molecule has 0 fully saturated rings. The van der Waals surface area contributed by atoms with Gasteiger partial charge in [-0.3, -0.25) is 19.6 Å². The van der Waals surface area contributed by atoms with E-state index in [9.17, 15) is 9.59 Å². The highest BCUT2D eigenvalue weighted by Gasteiger charge is 2.06. The number of pyridine rings is 2. The Hall–Kier alpha value is -3.09. The monoisotopic (exact) mass is 311 g/mol. The maximum Gasteiger partial charge on any atom is 0.272 e. The fraction of sp³-hybridized carbons (Fsp3) is 0.188. The van der Waals surface area contributed by atoms with Crippen LogP contribution in [0.1, 0.15) is 29.3 Å². The van der Waals surface area contributed by atoms with Crippen molar-refractivity contribution < 1.29 is 9.59 Å². The quantitative estimate of drug-likeness (QED) is 0.620. The summed E-state index contributed by atoms with van der Waals surface area (Å²) >= 11 is 0. The van der Waals surface area contributed by atoms with Crippen LogP contribution < -0.4 is 10.7 Å². The highest BCUT2D eigenvalue weighted by atomic mass is 16.2. The molecule has 2 heterocycles. The van der Waals surface area contributed by atoms with Crippen molar-refractivity contribution in [1.29, 1.82) is 0 Å². The molecule has 0 saturated heterocycles. The number of nitrogens with zero attached hydrogens (tertiary/aromatic N) is 3. The first-order valence-corrected chi connectivity index (χ1v) is 7.04. The van der Waals surface area contributed by atoms with Crippen molar-refractivity contribution in [3.05, 3.63) is 60.2 Å². The molecule has 2 N–H and O–H groups in total. The molecule has 0 spiro atoms. The SMILES string of the molecule is CC(CC(=O)NCc1cccnc1)=NNC(=O)c1cccnc1. The van der Waals surface area contributed by atoms with E-state index >= 15 is 0 Å². The average molecular weight is 311 g/mol. The Morgan fingerprint density at radius 1 is 1.13 bits per heavy atom. The maximum atomic E-state index is 11.8. The van der Waals surface area contributed by atoms with Crippen LogP contribution in [0.25, 0.3) is 0 Å². The number of aromatic nitrogens is 2. The number of rotatable bonds is 6. The van der Waals surface area contributed by atoms with Crippen LogP contribution in [0.4, 0.5) is 0 Å². The first kappa shape index (κ1) is 16.3. The molecule has 2 amide bonds. The van der Waals surface area contributed by atoms with Gasteiger partial charge in [0, 0.05) is 37.0 Å². The molecule has 0 aromatic carbocycles. The fourth-order valence-corrected chi connectivity index (χ4v) is 1.75. The van der Waals surface area contributed by atoms with Crippen molar-refractivity contribution >= 4 is 17.5 Å². The zero-order valence-electron chi connectivity index (χ0n) is 12.7. The molecule has 7 nitrogen and oxygen atoms in total. The van der Waals surface area contributed by atoms with E-state index in [1.807, 2.05) is 12.1 Å². The summed E-state index contributed by atoms with van der Waals surface area (Å²) < 4.78 is 0. The molecule has 0 aliphatic carbocycles. The molecular weight excluding hydrogens is 294 g/mol. The third kappa shape index (κ3) is 5.66. The second-order valence-corrected chi connectivity index (χ2v) is 4.84. The molecule has 0 radical (unpaired) electrons. The summed E-state index contributed by atoms with van der Waals surface area (Å²) in [5.74, 6) is -0.543. The van der Waals surface area contributed by atoms with Gasteiger partial charge in [0.1, 0.15) is 0 Å². The lowest BCUT2D eigenvalue weighted by Gasteiger charge is -2.05. The number of carbonyl (C=O) groups is 2. The molecule has 0 unspecified atom stereocenters. The summed E-state index contributed by atoms with van der Waals surface area (Å²) in [7, 11) is 0. The Balaban J connectivity index is 1.78.